The van der Waals surface area contributed by atoms with Gasteiger partial charge in [-0.3, -0.25) is 18.8 Å². The van der Waals surface area contributed by atoms with Crippen LogP contribution in [0.25, 0.3) is 10.8 Å². The van der Waals surface area contributed by atoms with Crippen LogP contribution in [0.1, 0.15) is 32.8 Å². The second-order valence-corrected chi connectivity index (χ2v) is 14.5. The van der Waals surface area contributed by atoms with Gasteiger partial charge in [-0.15, -0.1) is 4.33 Å². The molecule has 0 saturated heterocycles. The number of rotatable bonds is 13. The molecule has 0 bridgehead atoms. The van der Waals surface area contributed by atoms with Gasteiger partial charge in [-0.05, 0) is 61.0 Å². The minimum Gasteiger partial charge on any atom is -0.288 e. The fraction of sp³-hybridized carbons (Fsp3) is 0.226. The van der Waals surface area contributed by atoms with Gasteiger partial charge < -0.3 is 0 Å². The number of carbonyl (C=O) groups excluding carboxylic acids is 1. The molecule has 0 aliphatic carbocycles. The molecule has 0 unspecified atom stereocenters. The van der Waals surface area contributed by atoms with Gasteiger partial charge in [0.15, 0.2) is 5.71 Å². The van der Waals surface area contributed by atoms with E-state index in [0.29, 0.717) is 34.1 Å². The zero-order valence-corrected chi connectivity index (χ0v) is 27.5. The monoisotopic (exact) mass is 689 g/mol. The van der Waals surface area contributed by atoms with Crippen LogP contribution in [0.2, 0.25) is 0 Å². The second-order valence-electron chi connectivity index (χ2n) is 10.8. The molecule has 0 atom stereocenters. The Bertz CT molecular complexity index is 1970. The highest BCUT2D eigenvalue weighted by molar-refractivity contribution is 7.94. The first-order valence-corrected chi connectivity index (χ1v) is 17.6. The van der Waals surface area contributed by atoms with Crippen LogP contribution >= 0.6 is 12.0 Å². The van der Waals surface area contributed by atoms with Gasteiger partial charge in [0.1, 0.15) is 6.54 Å². The average Bonchev–Trinajstić information content (AvgIpc) is 3.20. The number of carbonyl (C=O) groups is 1. The molecule has 3 aromatic carbocycles. The lowest BCUT2D eigenvalue weighted by atomic mass is 9.79. The number of para-hydroxylation sites is 1. The molecule has 3 N–H and O–H groups in total. The molecule has 15 heteroatoms. The first kappa shape index (κ1) is 35.2. The number of allylic oxidation sites excluding steroid dienone is 5. The number of hydrogen-bond acceptors (Lipinski definition) is 9. The molecular formula is C31H33N2O10S3+. The normalized spacial score (nSPS) is 15.1. The Morgan fingerprint density at radius 1 is 0.978 bits per heavy atom. The Kier molecular flexibility index (Phi) is 11.0. The van der Waals surface area contributed by atoms with Crippen molar-refractivity contribution in [3.05, 3.63) is 96.7 Å². The summed E-state index contributed by atoms with van der Waals surface area (Å²) >= 11 is 0.551. The van der Waals surface area contributed by atoms with E-state index in [1.807, 2.05) is 54.8 Å². The van der Waals surface area contributed by atoms with E-state index in [9.17, 15) is 30.7 Å². The van der Waals surface area contributed by atoms with Crippen LogP contribution in [-0.4, -0.2) is 59.7 Å². The highest BCUT2D eigenvalue weighted by Crippen LogP contribution is 2.46. The van der Waals surface area contributed by atoms with Gasteiger partial charge in [-0.25, -0.2) is 5.26 Å². The molecule has 0 aromatic heterocycles. The molecule has 0 spiro atoms. The predicted molar refractivity (Wildman–Crippen MR) is 175 cm³/mol. The molecule has 4 rings (SSSR count). The molecular weight excluding hydrogens is 657 g/mol. The fourth-order valence-electron chi connectivity index (χ4n) is 5.43. The summed E-state index contributed by atoms with van der Waals surface area (Å²) in [6.07, 6.45) is 10.6. The van der Waals surface area contributed by atoms with Crippen LogP contribution in [-0.2, 0) is 39.8 Å². The maximum Gasteiger partial charge on any atom is 0.294 e. The van der Waals surface area contributed by atoms with Crippen molar-refractivity contribution in [2.75, 3.05) is 17.2 Å². The summed E-state index contributed by atoms with van der Waals surface area (Å²) in [5.41, 5.74) is 2.05. The van der Waals surface area contributed by atoms with Crippen molar-refractivity contribution in [2.24, 2.45) is 0 Å². The molecule has 0 saturated carbocycles. The van der Waals surface area contributed by atoms with E-state index in [4.69, 9.17) is 5.26 Å². The molecule has 3 aromatic rings. The molecule has 0 radical (unpaired) electrons. The Morgan fingerprint density at radius 3 is 2.30 bits per heavy atom. The molecule has 1 amide bonds. The van der Waals surface area contributed by atoms with Crippen molar-refractivity contribution >= 4 is 66.0 Å². The van der Waals surface area contributed by atoms with Gasteiger partial charge in [0.05, 0.1) is 28.1 Å². The molecule has 1 aliphatic rings. The summed E-state index contributed by atoms with van der Waals surface area (Å²) in [5.74, 6) is -0.622. The zero-order valence-electron chi connectivity index (χ0n) is 25.1. The number of fused-ring (bicyclic) bond motifs is 3. The number of hydrogen-bond donors (Lipinski definition) is 3. The Balaban J connectivity index is 1.77. The maximum absolute atomic E-state index is 12.2. The van der Waals surface area contributed by atoms with Crippen LogP contribution < -0.4 is 4.90 Å². The summed E-state index contributed by atoms with van der Waals surface area (Å²) in [5, 5.41) is 13.4. The van der Waals surface area contributed by atoms with Crippen molar-refractivity contribution in [1.29, 1.82) is 0 Å². The van der Waals surface area contributed by atoms with Crippen LogP contribution in [0, 0.1) is 0 Å². The van der Waals surface area contributed by atoms with E-state index in [2.05, 4.69) is 9.37 Å². The van der Waals surface area contributed by atoms with Crippen molar-refractivity contribution in [3.63, 3.8) is 0 Å². The lowest BCUT2D eigenvalue weighted by molar-refractivity contribution is -0.437. The Hall–Kier alpha value is -3.67. The maximum atomic E-state index is 12.2. The topological polar surface area (TPSA) is 171 Å². The fourth-order valence-corrected chi connectivity index (χ4v) is 7.08. The summed E-state index contributed by atoms with van der Waals surface area (Å²) in [6.45, 7) is 5.51. The first-order chi connectivity index (χ1) is 21.6. The second kappa shape index (κ2) is 14.4. The van der Waals surface area contributed by atoms with Crippen molar-refractivity contribution < 1.29 is 49.9 Å². The largest absolute Gasteiger partial charge is 0.294 e. The number of benzene rings is 3. The van der Waals surface area contributed by atoms with Gasteiger partial charge in [0.2, 0.25) is 11.6 Å². The van der Waals surface area contributed by atoms with Crippen molar-refractivity contribution in [1.82, 2.24) is 0 Å². The number of amides is 1. The minimum atomic E-state index is -4.65. The Morgan fingerprint density at radius 2 is 1.67 bits per heavy atom. The third-order valence-electron chi connectivity index (χ3n) is 7.33. The molecule has 12 nitrogen and oxygen atoms in total. The number of nitrogens with zero attached hydrogens (tertiary/aromatic N) is 2. The van der Waals surface area contributed by atoms with E-state index >= 15 is 0 Å². The van der Waals surface area contributed by atoms with Gasteiger partial charge in [-0.2, -0.15) is 21.4 Å². The van der Waals surface area contributed by atoms with E-state index in [1.54, 1.807) is 42.6 Å². The number of anilines is 1. The quantitative estimate of drug-likeness (QED) is 0.0491. The molecule has 0 fully saturated rings. The third-order valence-corrected chi connectivity index (χ3v) is 9.61. The smallest absolute Gasteiger partial charge is 0.288 e. The van der Waals surface area contributed by atoms with Crippen molar-refractivity contribution in [2.45, 2.75) is 42.4 Å². The molecule has 244 valence electrons. The van der Waals surface area contributed by atoms with Crippen LogP contribution in [0.5, 0.6) is 0 Å². The van der Waals surface area contributed by atoms with Crippen LogP contribution in [0.15, 0.2) is 101 Å². The highest BCUT2D eigenvalue weighted by Gasteiger charge is 2.45. The predicted octanol–water partition coefficient (Wildman–Crippen LogP) is 5.85. The summed E-state index contributed by atoms with van der Waals surface area (Å²) < 4.78 is 73.1. The van der Waals surface area contributed by atoms with Crippen LogP contribution in [0.3, 0.4) is 0 Å². The summed E-state index contributed by atoms with van der Waals surface area (Å²) in [4.78, 5) is 13.5. The first-order valence-electron chi connectivity index (χ1n) is 13.8. The minimum absolute atomic E-state index is 0.0938. The van der Waals surface area contributed by atoms with Gasteiger partial charge in [0.25, 0.3) is 20.2 Å². The van der Waals surface area contributed by atoms with E-state index < -0.39 is 36.3 Å². The standard InChI is InChI=1S/C31H32N2O10S3/c1-22(34)32(23-12-7-6-8-13-23)17-10-5-4-9-14-29-31(2,3)30-26-20-24(46(39,40)41)21-28(44-43-42-35)25(26)15-16-27(30)33(29)18-11-19-45(36,37)38/h4-10,12-17,20-21H,11,18-19H2,1-3H3,(H2-,35,36,37,38,39,40,41)/p+1. The van der Waals surface area contributed by atoms with Gasteiger partial charge in [0, 0.05) is 47.8 Å². The SMILES string of the molecule is CC(=O)N(/C=C/C=C/C=C/C1=[N+](CCCS(=O)(=O)O)c2ccc3c(SOOO)cc(S(=O)(=O)O)cc3c2C1(C)C)c1ccccc1. The summed E-state index contributed by atoms with van der Waals surface area (Å²) in [6, 6.07) is 15.2. The van der Waals surface area contributed by atoms with Crippen molar-refractivity contribution in [3.8, 4) is 0 Å². The molecule has 1 aliphatic heterocycles. The van der Waals surface area contributed by atoms with E-state index in [0.717, 1.165) is 11.4 Å². The molecule has 1 heterocycles. The summed E-state index contributed by atoms with van der Waals surface area (Å²) in [7, 11) is -8.86. The Labute approximate surface area is 271 Å². The van der Waals surface area contributed by atoms with Gasteiger partial charge >= 0.3 is 0 Å². The van der Waals surface area contributed by atoms with Crippen LogP contribution in [0.4, 0.5) is 11.4 Å². The van der Waals surface area contributed by atoms with E-state index in [-0.39, 0.29) is 23.8 Å². The third kappa shape index (κ3) is 8.18. The van der Waals surface area contributed by atoms with Gasteiger partial charge in [-0.1, -0.05) is 41.5 Å². The molecule has 46 heavy (non-hydrogen) atoms. The highest BCUT2D eigenvalue weighted by atomic mass is 32.2. The average molecular weight is 690 g/mol. The van der Waals surface area contributed by atoms with E-state index in [1.165, 1.54) is 24.0 Å². The lowest BCUT2D eigenvalue weighted by Crippen LogP contribution is -2.28. The zero-order chi connectivity index (χ0) is 33.7. The lowest BCUT2D eigenvalue weighted by Gasteiger charge is -2.19.